The van der Waals surface area contributed by atoms with Crippen molar-refractivity contribution in [1.82, 2.24) is 0 Å². The third-order valence-electron chi connectivity index (χ3n) is 5.49. The molecule has 0 aliphatic heterocycles. The van der Waals surface area contributed by atoms with Crippen molar-refractivity contribution >= 4 is 23.2 Å². The van der Waals surface area contributed by atoms with Crippen LogP contribution in [0, 0.1) is 6.92 Å². The van der Waals surface area contributed by atoms with Gasteiger partial charge in [-0.15, -0.1) is 0 Å². The number of nitrogens with one attached hydrogen (secondary N) is 1. The molecule has 0 spiro atoms. The lowest BCUT2D eigenvalue weighted by Crippen LogP contribution is -2.14. The minimum Gasteiger partial charge on any atom is -0.493 e. The summed E-state index contributed by atoms with van der Waals surface area (Å²) < 4.78 is 11.8. The molecule has 0 aromatic heterocycles. The minimum atomic E-state index is -0.220. The van der Waals surface area contributed by atoms with Gasteiger partial charge in [0.15, 0.2) is 0 Å². The fourth-order valence-corrected chi connectivity index (χ4v) is 3.78. The third kappa shape index (κ3) is 5.59. The molecule has 4 rings (SSSR count). The lowest BCUT2D eigenvalue weighted by Gasteiger charge is -2.14. The van der Waals surface area contributed by atoms with E-state index in [1.165, 1.54) is 0 Å². The molecule has 0 atom stereocenters. The second-order valence-corrected chi connectivity index (χ2v) is 8.21. The van der Waals surface area contributed by atoms with Crippen LogP contribution in [0.2, 0.25) is 5.02 Å². The van der Waals surface area contributed by atoms with Crippen LogP contribution >= 0.6 is 11.6 Å². The van der Waals surface area contributed by atoms with Crippen molar-refractivity contribution in [2.24, 2.45) is 0 Å². The van der Waals surface area contributed by atoms with Gasteiger partial charge in [-0.25, -0.2) is 0 Å². The van der Waals surface area contributed by atoms with Crippen molar-refractivity contribution in [3.05, 3.63) is 113 Å². The van der Waals surface area contributed by atoms with Crippen molar-refractivity contribution < 1.29 is 14.3 Å². The van der Waals surface area contributed by atoms with Crippen LogP contribution in [-0.2, 0) is 6.61 Å². The van der Waals surface area contributed by atoms with E-state index in [0.717, 1.165) is 28.0 Å². The molecule has 0 unspecified atom stereocenters. The van der Waals surface area contributed by atoms with Gasteiger partial charge in [0.05, 0.1) is 6.61 Å². The molecular weight excluding hydrogens is 446 g/mol. The number of carbonyl (C=O) groups is 1. The Labute approximate surface area is 205 Å². The summed E-state index contributed by atoms with van der Waals surface area (Å²) >= 11 is 6.18. The lowest BCUT2D eigenvalue weighted by atomic mass is 10.1. The number of hydrogen-bond donors (Lipinski definition) is 1. The van der Waals surface area contributed by atoms with Crippen LogP contribution in [0.3, 0.4) is 0 Å². The molecule has 0 aliphatic carbocycles. The summed E-state index contributed by atoms with van der Waals surface area (Å²) in [5.41, 5.74) is 5.10. The Kier molecular flexibility index (Phi) is 7.51. The number of halogens is 1. The number of hydrogen-bond acceptors (Lipinski definition) is 3. The predicted octanol–water partition coefficient (Wildman–Crippen LogP) is 7.55. The average Bonchev–Trinajstić information content (AvgIpc) is 2.87. The Hall–Kier alpha value is -3.76. The lowest BCUT2D eigenvalue weighted by molar-refractivity contribution is 0.102. The van der Waals surface area contributed by atoms with Gasteiger partial charge in [-0.05, 0) is 73.0 Å². The van der Waals surface area contributed by atoms with E-state index >= 15 is 0 Å². The molecule has 0 bridgehead atoms. The van der Waals surface area contributed by atoms with Crippen molar-refractivity contribution in [3.63, 3.8) is 0 Å². The molecule has 1 amide bonds. The second-order valence-electron chi connectivity index (χ2n) is 7.80. The zero-order valence-electron chi connectivity index (χ0n) is 19.2. The number of rotatable bonds is 8. The summed E-state index contributed by atoms with van der Waals surface area (Å²) in [5.74, 6) is 1.22. The molecule has 0 saturated heterocycles. The number of anilines is 1. The van der Waals surface area contributed by atoms with Gasteiger partial charge >= 0.3 is 0 Å². The van der Waals surface area contributed by atoms with Crippen molar-refractivity contribution in [2.75, 3.05) is 11.9 Å². The first kappa shape index (κ1) is 23.4. The molecule has 4 aromatic carbocycles. The molecule has 1 N–H and O–H groups in total. The van der Waals surface area contributed by atoms with Crippen LogP contribution in [-0.4, -0.2) is 12.5 Å². The first-order valence-corrected chi connectivity index (χ1v) is 11.5. The van der Waals surface area contributed by atoms with Gasteiger partial charge in [0.1, 0.15) is 18.1 Å². The highest BCUT2D eigenvalue weighted by molar-refractivity contribution is 6.31. The van der Waals surface area contributed by atoms with E-state index in [9.17, 15) is 4.79 Å². The molecule has 5 heteroatoms. The summed E-state index contributed by atoms with van der Waals surface area (Å²) in [6.45, 7) is 4.59. The normalized spacial score (nSPS) is 10.6. The van der Waals surface area contributed by atoms with E-state index in [1.54, 1.807) is 24.3 Å². The van der Waals surface area contributed by atoms with Crippen LogP contribution in [0.1, 0.15) is 28.4 Å². The highest BCUT2D eigenvalue weighted by atomic mass is 35.5. The molecule has 0 radical (unpaired) electrons. The zero-order chi connectivity index (χ0) is 23.9. The summed E-state index contributed by atoms with van der Waals surface area (Å²) in [4.78, 5) is 12.9. The number of carbonyl (C=O) groups excluding carboxylic acids is 1. The number of benzene rings is 4. The molecule has 4 nitrogen and oxygen atoms in total. The smallest absolute Gasteiger partial charge is 0.255 e. The summed E-state index contributed by atoms with van der Waals surface area (Å²) in [5, 5.41) is 3.54. The van der Waals surface area contributed by atoms with Gasteiger partial charge in [0.25, 0.3) is 5.91 Å². The SMILES string of the molecule is CCOc1ccc(C(=O)Nc2cccc(Cl)c2C)cc1COc1ccc(-c2ccccc2)cc1. The molecule has 4 aromatic rings. The summed E-state index contributed by atoms with van der Waals surface area (Å²) in [7, 11) is 0. The highest BCUT2D eigenvalue weighted by Gasteiger charge is 2.13. The monoisotopic (exact) mass is 471 g/mol. The Morgan fingerprint density at radius 1 is 0.853 bits per heavy atom. The van der Waals surface area contributed by atoms with Gasteiger partial charge in [-0.2, -0.15) is 0 Å². The maximum atomic E-state index is 12.9. The van der Waals surface area contributed by atoms with Gasteiger partial charge in [-0.1, -0.05) is 60.1 Å². The second kappa shape index (κ2) is 10.9. The van der Waals surface area contributed by atoms with E-state index in [-0.39, 0.29) is 12.5 Å². The molecule has 0 fully saturated rings. The molecule has 0 aliphatic rings. The maximum Gasteiger partial charge on any atom is 0.255 e. The van der Waals surface area contributed by atoms with Crippen molar-refractivity contribution in [1.29, 1.82) is 0 Å². The molecule has 34 heavy (non-hydrogen) atoms. The topological polar surface area (TPSA) is 47.6 Å². The maximum absolute atomic E-state index is 12.9. The average molecular weight is 472 g/mol. The number of ether oxygens (including phenoxy) is 2. The Balaban J connectivity index is 1.49. The molecule has 0 heterocycles. The van der Waals surface area contributed by atoms with Crippen molar-refractivity contribution in [2.45, 2.75) is 20.5 Å². The van der Waals surface area contributed by atoms with E-state index in [4.69, 9.17) is 21.1 Å². The first-order chi connectivity index (χ1) is 16.5. The van der Waals surface area contributed by atoms with Crippen LogP contribution < -0.4 is 14.8 Å². The van der Waals surface area contributed by atoms with Gasteiger partial charge in [-0.3, -0.25) is 4.79 Å². The number of amides is 1. The fourth-order valence-electron chi connectivity index (χ4n) is 3.60. The van der Waals surface area contributed by atoms with E-state index in [0.29, 0.717) is 28.6 Å². The third-order valence-corrected chi connectivity index (χ3v) is 5.90. The van der Waals surface area contributed by atoms with Gasteiger partial charge in [0, 0.05) is 21.8 Å². The van der Waals surface area contributed by atoms with Crippen LogP contribution in [0.25, 0.3) is 11.1 Å². The highest BCUT2D eigenvalue weighted by Crippen LogP contribution is 2.27. The Morgan fingerprint density at radius 3 is 2.32 bits per heavy atom. The zero-order valence-corrected chi connectivity index (χ0v) is 19.9. The van der Waals surface area contributed by atoms with Crippen molar-refractivity contribution in [3.8, 4) is 22.6 Å². The van der Waals surface area contributed by atoms with E-state index in [1.807, 2.05) is 68.4 Å². The molecule has 0 saturated carbocycles. The van der Waals surface area contributed by atoms with Crippen LogP contribution in [0.5, 0.6) is 11.5 Å². The summed E-state index contributed by atoms with van der Waals surface area (Å²) in [6, 6.07) is 28.9. The van der Waals surface area contributed by atoms with Crippen LogP contribution in [0.15, 0.2) is 91.0 Å². The minimum absolute atomic E-state index is 0.220. The Morgan fingerprint density at radius 2 is 1.59 bits per heavy atom. The largest absolute Gasteiger partial charge is 0.493 e. The predicted molar refractivity (Wildman–Crippen MR) is 138 cm³/mol. The first-order valence-electron chi connectivity index (χ1n) is 11.2. The van der Waals surface area contributed by atoms with E-state index < -0.39 is 0 Å². The fraction of sp³-hybridized carbons (Fsp3) is 0.138. The van der Waals surface area contributed by atoms with Gasteiger partial charge < -0.3 is 14.8 Å². The standard InChI is InChI=1S/C29H26ClNO3/c1-3-33-28-17-14-23(29(32)31-27-11-7-10-26(30)20(27)2)18-24(28)19-34-25-15-12-22(13-16-25)21-8-5-4-6-9-21/h4-18H,3,19H2,1-2H3,(H,31,32). The molecular formula is C29H26ClNO3. The van der Waals surface area contributed by atoms with E-state index in [2.05, 4.69) is 17.4 Å². The molecule has 172 valence electrons. The Bertz CT molecular complexity index is 1270. The summed E-state index contributed by atoms with van der Waals surface area (Å²) in [6.07, 6.45) is 0. The van der Waals surface area contributed by atoms with Gasteiger partial charge in [0.2, 0.25) is 0 Å². The van der Waals surface area contributed by atoms with Crippen LogP contribution in [0.4, 0.5) is 5.69 Å². The quantitative estimate of drug-likeness (QED) is 0.288.